The first-order valence-electron chi connectivity index (χ1n) is 23.6. The summed E-state index contributed by atoms with van der Waals surface area (Å²) in [6.45, 7) is 6.52. The van der Waals surface area contributed by atoms with Gasteiger partial charge >= 0.3 is 0 Å². The first-order chi connectivity index (χ1) is 33.0. The highest BCUT2D eigenvalue weighted by molar-refractivity contribution is 7.59. The van der Waals surface area contributed by atoms with Gasteiger partial charge in [0.15, 0.2) is 11.6 Å². The molecule has 3 aliphatic rings. The van der Waals surface area contributed by atoms with Gasteiger partial charge in [0.1, 0.15) is 11.6 Å². The van der Waals surface area contributed by atoms with Crippen molar-refractivity contribution in [2.75, 3.05) is 13.1 Å². The molecule has 7 aromatic rings. The summed E-state index contributed by atoms with van der Waals surface area (Å²) >= 11 is 3.14. The van der Waals surface area contributed by atoms with Gasteiger partial charge in [-0.1, -0.05) is 50.2 Å². The van der Waals surface area contributed by atoms with Gasteiger partial charge in [-0.3, -0.25) is 33.4 Å². The fraction of sp³-hybridized carbons (Fsp3) is 0.333. The van der Waals surface area contributed by atoms with Crippen LogP contribution < -0.4 is 5.73 Å². The zero-order valence-electron chi connectivity index (χ0n) is 38.8. The Morgan fingerprint density at radius 1 is 0.652 bits per heavy atom. The Balaban J connectivity index is 0.000000191. The van der Waals surface area contributed by atoms with Crippen molar-refractivity contribution >= 4 is 59.6 Å². The normalized spacial score (nSPS) is 14.5. The topological polar surface area (TPSA) is 133 Å². The quantitative estimate of drug-likeness (QED) is 0.0799. The summed E-state index contributed by atoms with van der Waals surface area (Å²) < 4.78 is 31.6. The van der Waals surface area contributed by atoms with E-state index in [1.54, 1.807) is 47.7 Å². The van der Waals surface area contributed by atoms with E-state index >= 15 is 0 Å². The maximum atomic E-state index is 14.0. The Morgan fingerprint density at radius 3 is 1.57 bits per heavy atom. The Kier molecular flexibility index (Phi) is 15.7. The molecule has 0 saturated carbocycles. The van der Waals surface area contributed by atoms with Crippen molar-refractivity contribution in [3.05, 3.63) is 162 Å². The van der Waals surface area contributed by atoms with E-state index in [9.17, 15) is 28.0 Å². The number of carbonyl (C=O) groups is 4. The molecule has 0 fully saturated rings. The summed E-state index contributed by atoms with van der Waals surface area (Å²) in [6, 6.07) is 23.6. The summed E-state index contributed by atoms with van der Waals surface area (Å²) in [5.41, 5.74) is 15.2. The lowest BCUT2D eigenvalue weighted by molar-refractivity contribution is 0.0617. The van der Waals surface area contributed by atoms with E-state index in [1.807, 2.05) is 35.3 Å². The van der Waals surface area contributed by atoms with Crippen LogP contribution in [0.15, 0.2) is 97.3 Å². The molecule has 3 aromatic carbocycles. The number of halogens is 2. The summed E-state index contributed by atoms with van der Waals surface area (Å²) in [5.74, 6) is -1.58. The van der Waals surface area contributed by atoms with Crippen LogP contribution in [-0.2, 0) is 51.6 Å². The number of ketones is 2. The monoisotopic (exact) mass is 986 g/mol. The molecule has 10 nitrogen and oxygen atoms in total. The Hall–Kier alpha value is -5.87. The smallest absolute Gasteiger partial charge is 0.261 e. The number of nitrogens with zero attached hydrogens (tertiary/aromatic N) is 5. The lowest BCUT2D eigenvalue weighted by Gasteiger charge is -2.22. The SMILES string of the molecule is CCc1cnn2c1-c1cc(C(=O)C[C@@H](Cc3cccc(F)c3)CN3C(=O)c4ccccc4C3=O)sc1CCC2.CCc1cnn2c1-c1cc(C(=O)C[C@H](CN)Cc3cccc(F)c3)sc1CCC2.S. The van der Waals surface area contributed by atoms with Gasteiger partial charge in [-0.05, 0) is 141 Å². The molecule has 0 unspecified atom stereocenters. The van der Waals surface area contributed by atoms with Crippen molar-refractivity contribution in [1.29, 1.82) is 0 Å². The van der Waals surface area contributed by atoms with Gasteiger partial charge in [0.2, 0.25) is 0 Å². The summed E-state index contributed by atoms with van der Waals surface area (Å²) in [7, 11) is 0. The van der Waals surface area contributed by atoms with Crippen molar-refractivity contribution in [2.45, 2.75) is 91.1 Å². The molecule has 0 saturated heterocycles. The summed E-state index contributed by atoms with van der Waals surface area (Å²) in [5, 5.41) is 9.11. The second kappa shape index (κ2) is 21.8. The van der Waals surface area contributed by atoms with E-state index in [4.69, 9.17) is 5.73 Å². The number of aryl methyl sites for hydroxylation is 6. The molecule has 3 aliphatic heterocycles. The van der Waals surface area contributed by atoms with Crippen LogP contribution in [0.2, 0.25) is 0 Å². The van der Waals surface area contributed by atoms with Crippen LogP contribution in [0.1, 0.15) is 112 Å². The van der Waals surface area contributed by atoms with Gasteiger partial charge in [0.05, 0.1) is 44.7 Å². The number of fused-ring (bicyclic) bond motifs is 7. The van der Waals surface area contributed by atoms with Crippen LogP contribution >= 0.6 is 36.2 Å². The van der Waals surface area contributed by atoms with Crippen LogP contribution in [0.5, 0.6) is 0 Å². The Morgan fingerprint density at radius 2 is 1.12 bits per heavy atom. The third-order valence-corrected chi connectivity index (χ3v) is 15.7. The molecular weight excluding hydrogens is 931 g/mol. The van der Waals surface area contributed by atoms with Crippen molar-refractivity contribution < 1.29 is 28.0 Å². The second-order valence-electron chi connectivity index (χ2n) is 17.9. The number of carbonyl (C=O) groups excluding carboxylic acids is 4. The van der Waals surface area contributed by atoms with Crippen LogP contribution in [-0.4, -0.2) is 60.9 Å². The standard InChI is InChI=1S/C31H28FN3O3S.C23H26FN3OS.H2S/c1-2-21-17-33-35-12-6-11-27-25(29(21)35)16-28(39-27)26(36)15-20(13-19-7-5-8-22(32)14-19)18-34-30(37)23-9-3-4-10-24(23)31(34)38;1-2-17-14-26-27-8-4-7-21-19(23(17)27)12-22(29-21)20(28)11-16(13-25)9-15-5-3-6-18(24)10-15;/h3-5,7-10,14,16-17,20H,2,6,11-13,15,18H2,1H3;3,5-6,10,12,14,16H,2,4,7-9,11,13,25H2,1H3;1H2/t20-;16-;/m11./s1. The van der Waals surface area contributed by atoms with Crippen molar-refractivity contribution in [3.63, 3.8) is 0 Å². The largest absolute Gasteiger partial charge is 0.330 e. The molecule has 7 heterocycles. The number of amides is 2. The zero-order chi connectivity index (χ0) is 47.5. The van der Waals surface area contributed by atoms with E-state index in [0.29, 0.717) is 41.8 Å². The summed E-state index contributed by atoms with van der Waals surface area (Å²) in [4.78, 5) is 58.1. The average molecular weight is 987 g/mol. The highest BCUT2D eigenvalue weighted by Gasteiger charge is 2.37. The van der Waals surface area contributed by atoms with Crippen molar-refractivity contribution in [2.24, 2.45) is 17.6 Å². The predicted octanol–water partition coefficient (Wildman–Crippen LogP) is 10.7. The van der Waals surface area contributed by atoms with E-state index in [1.165, 1.54) is 72.6 Å². The summed E-state index contributed by atoms with van der Waals surface area (Å²) in [6.07, 6.45) is 11.0. The van der Waals surface area contributed by atoms with Crippen LogP contribution in [0.3, 0.4) is 0 Å². The fourth-order valence-corrected chi connectivity index (χ4v) is 12.1. The molecule has 15 heteroatoms. The number of Topliss-reactive ketones (excluding diaryl/α,β-unsaturated/α-hetero) is 2. The van der Waals surface area contributed by atoms with Gasteiger partial charge in [0, 0.05) is 53.4 Å². The number of imide groups is 1. The van der Waals surface area contributed by atoms with Crippen LogP contribution in [0.4, 0.5) is 8.78 Å². The zero-order valence-corrected chi connectivity index (χ0v) is 41.4. The minimum atomic E-state index is -0.361. The number of thiophene rings is 2. The Bertz CT molecular complexity index is 2990. The molecular formula is C54H56F2N6O4S3. The van der Waals surface area contributed by atoms with E-state index in [2.05, 4.69) is 34.8 Å². The molecule has 10 rings (SSSR count). The molecule has 358 valence electrons. The fourth-order valence-electron chi connectivity index (χ4n) is 9.84. The maximum Gasteiger partial charge on any atom is 0.261 e. The number of hydrogen-bond donors (Lipinski definition) is 1. The number of rotatable bonds is 15. The van der Waals surface area contributed by atoms with Crippen LogP contribution in [0.25, 0.3) is 22.5 Å². The van der Waals surface area contributed by atoms with Gasteiger partial charge in [-0.2, -0.15) is 23.7 Å². The first-order valence-corrected chi connectivity index (χ1v) is 25.2. The van der Waals surface area contributed by atoms with Gasteiger partial charge < -0.3 is 5.73 Å². The molecule has 4 aromatic heterocycles. The van der Waals surface area contributed by atoms with Gasteiger partial charge in [-0.15, -0.1) is 22.7 Å². The molecule has 0 radical (unpaired) electrons. The lowest BCUT2D eigenvalue weighted by atomic mass is 9.93. The predicted molar refractivity (Wildman–Crippen MR) is 273 cm³/mol. The number of benzene rings is 3. The second-order valence-corrected chi connectivity index (χ2v) is 20.2. The molecule has 2 N–H and O–H groups in total. The van der Waals surface area contributed by atoms with E-state index in [0.717, 1.165) is 78.9 Å². The molecule has 0 aliphatic carbocycles. The highest BCUT2D eigenvalue weighted by atomic mass is 32.1. The van der Waals surface area contributed by atoms with E-state index < -0.39 is 0 Å². The van der Waals surface area contributed by atoms with E-state index in [-0.39, 0.29) is 73.3 Å². The minimum absolute atomic E-state index is 0. The number of hydrogen-bond acceptors (Lipinski definition) is 9. The van der Waals surface area contributed by atoms with Gasteiger partial charge in [0.25, 0.3) is 11.8 Å². The molecule has 0 spiro atoms. The third-order valence-electron chi connectivity index (χ3n) is 13.2. The lowest BCUT2D eigenvalue weighted by Crippen LogP contribution is -2.36. The Labute approximate surface area is 416 Å². The van der Waals surface area contributed by atoms with Crippen LogP contribution in [0, 0.1) is 23.5 Å². The molecule has 2 amide bonds. The minimum Gasteiger partial charge on any atom is -0.330 e. The highest BCUT2D eigenvalue weighted by Crippen LogP contribution is 2.40. The molecule has 0 bridgehead atoms. The number of nitrogens with two attached hydrogens (primary N) is 1. The third kappa shape index (κ3) is 10.7. The van der Waals surface area contributed by atoms with Crippen molar-refractivity contribution in [3.8, 4) is 22.5 Å². The molecule has 2 atom stereocenters. The van der Waals surface area contributed by atoms with Gasteiger partial charge in [-0.25, -0.2) is 8.78 Å². The average Bonchev–Trinajstić information content (AvgIpc) is 4.15. The number of aromatic nitrogens is 4. The maximum absolute atomic E-state index is 14.0. The molecule has 69 heavy (non-hydrogen) atoms. The first kappa shape index (κ1) is 49.5. The van der Waals surface area contributed by atoms with Crippen molar-refractivity contribution in [1.82, 2.24) is 24.5 Å².